The Bertz CT molecular complexity index is 419. The summed E-state index contributed by atoms with van der Waals surface area (Å²) in [6.45, 7) is 3.04. The molecule has 0 spiro atoms. The predicted octanol–water partition coefficient (Wildman–Crippen LogP) is 3.10. The van der Waals surface area contributed by atoms with Crippen molar-refractivity contribution in [3.8, 4) is 0 Å². The molecule has 0 amide bonds. The molecule has 1 aliphatic rings. The fraction of sp³-hybridized carbons (Fsp3) is 0.600. The van der Waals surface area contributed by atoms with Gasteiger partial charge in [0.25, 0.3) is 0 Å². The first-order valence-corrected chi connectivity index (χ1v) is 7.44. The molecule has 106 valence electrons. The Labute approximate surface area is 120 Å². The molecular formula is C15H23ClN2O. The van der Waals surface area contributed by atoms with Crippen molar-refractivity contribution in [3.05, 3.63) is 28.8 Å². The van der Waals surface area contributed by atoms with Crippen LogP contribution in [-0.4, -0.2) is 24.3 Å². The second-order valence-electron chi connectivity index (χ2n) is 5.35. The van der Waals surface area contributed by atoms with E-state index in [0.29, 0.717) is 6.04 Å². The molecule has 1 aromatic rings. The third-order valence-electron chi connectivity index (χ3n) is 3.88. The van der Waals surface area contributed by atoms with Crippen LogP contribution in [0, 0.1) is 0 Å². The topological polar surface area (TPSA) is 49.5 Å². The second-order valence-corrected chi connectivity index (χ2v) is 5.76. The van der Waals surface area contributed by atoms with Crippen LogP contribution in [0.15, 0.2) is 18.2 Å². The van der Waals surface area contributed by atoms with Crippen LogP contribution >= 0.6 is 11.6 Å². The summed E-state index contributed by atoms with van der Waals surface area (Å²) in [6.07, 6.45) is 4.51. The highest BCUT2D eigenvalue weighted by molar-refractivity contribution is 6.33. The number of hydrogen-bond acceptors (Lipinski definition) is 3. The van der Waals surface area contributed by atoms with Gasteiger partial charge in [0.1, 0.15) is 0 Å². The molecule has 0 aromatic heterocycles. The van der Waals surface area contributed by atoms with E-state index in [-0.39, 0.29) is 12.6 Å². The molecule has 0 aliphatic heterocycles. The van der Waals surface area contributed by atoms with Crippen molar-refractivity contribution < 1.29 is 5.11 Å². The van der Waals surface area contributed by atoms with Crippen molar-refractivity contribution in [1.82, 2.24) is 0 Å². The number of nitrogens with zero attached hydrogens (tertiary/aromatic N) is 1. The van der Waals surface area contributed by atoms with E-state index in [4.69, 9.17) is 22.4 Å². The first-order valence-electron chi connectivity index (χ1n) is 7.06. The van der Waals surface area contributed by atoms with Gasteiger partial charge < -0.3 is 15.7 Å². The first kappa shape index (κ1) is 14.6. The van der Waals surface area contributed by atoms with Gasteiger partial charge in [0.2, 0.25) is 0 Å². The summed E-state index contributed by atoms with van der Waals surface area (Å²) in [5.41, 5.74) is 8.01. The minimum atomic E-state index is 0.00106. The van der Waals surface area contributed by atoms with E-state index in [1.807, 2.05) is 13.0 Å². The Morgan fingerprint density at radius 3 is 2.68 bits per heavy atom. The fourth-order valence-corrected chi connectivity index (χ4v) is 2.78. The van der Waals surface area contributed by atoms with Crippen LogP contribution in [0.2, 0.25) is 5.02 Å². The number of benzene rings is 1. The summed E-state index contributed by atoms with van der Waals surface area (Å²) in [5, 5.41) is 9.81. The van der Waals surface area contributed by atoms with Gasteiger partial charge in [-0.25, -0.2) is 0 Å². The molecular weight excluding hydrogens is 260 g/mol. The van der Waals surface area contributed by atoms with Crippen molar-refractivity contribution >= 4 is 17.3 Å². The number of anilines is 1. The minimum Gasteiger partial charge on any atom is -0.396 e. The summed E-state index contributed by atoms with van der Waals surface area (Å²) in [7, 11) is 0. The Morgan fingerprint density at radius 1 is 1.47 bits per heavy atom. The Balaban J connectivity index is 2.20. The largest absolute Gasteiger partial charge is 0.396 e. The Morgan fingerprint density at radius 2 is 2.21 bits per heavy atom. The van der Waals surface area contributed by atoms with Gasteiger partial charge in [-0.1, -0.05) is 17.7 Å². The molecule has 1 aliphatic carbocycles. The molecule has 0 saturated heterocycles. The molecule has 4 heteroatoms. The van der Waals surface area contributed by atoms with Crippen LogP contribution in [0.4, 0.5) is 5.69 Å². The molecule has 0 radical (unpaired) electrons. The highest BCUT2D eigenvalue weighted by Gasteiger charge is 2.26. The maximum Gasteiger partial charge on any atom is 0.0642 e. The normalized spacial score (nSPS) is 17.1. The number of aliphatic hydroxyl groups excluding tert-OH is 1. The van der Waals surface area contributed by atoms with Crippen molar-refractivity contribution in [2.24, 2.45) is 5.73 Å². The molecule has 1 saturated carbocycles. The third kappa shape index (κ3) is 3.41. The smallest absolute Gasteiger partial charge is 0.0642 e. The quantitative estimate of drug-likeness (QED) is 0.843. The minimum absolute atomic E-state index is 0.00106. The number of aliphatic hydroxyl groups is 1. The van der Waals surface area contributed by atoms with Crippen LogP contribution in [0.3, 0.4) is 0 Å². The lowest BCUT2D eigenvalue weighted by atomic mass is 9.90. The lowest BCUT2D eigenvalue weighted by Gasteiger charge is -2.40. The first-order chi connectivity index (χ1) is 9.13. The van der Waals surface area contributed by atoms with Gasteiger partial charge in [-0.2, -0.15) is 0 Å². The van der Waals surface area contributed by atoms with Crippen molar-refractivity contribution in [2.45, 2.75) is 44.7 Å². The molecule has 1 fully saturated rings. The van der Waals surface area contributed by atoms with E-state index in [0.717, 1.165) is 29.2 Å². The summed E-state index contributed by atoms with van der Waals surface area (Å²) in [6, 6.07) is 6.66. The van der Waals surface area contributed by atoms with Gasteiger partial charge in [-0.3, -0.25) is 0 Å². The highest BCUT2D eigenvalue weighted by Crippen LogP contribution is 2.35. The standard InChI is InChI=1S/C15H23ClN2O/c1-11(17)12-6-7-15(14(16)10-12)18(8-3-9-19)13-4-2-5-13/h6-7,10-11,13,19H,2-5,8-9,17H2,1H3/t11-/m0/s1. The molecule has 19 heavy (non-hydrogen) atoms. The fourth-order valence-electron chi connectivity index (χ4n) is 2.48. The van der Waals surface area contributed by atoms with Crippen molar-refractivity contribution in [3.63, 3.8) is 0 Å². The van der Waals surface area contributed by atoms with Gasteiger partial charge >= 0.3 is 0 Å². The van der Waals surface area contributed by atoms with Gasteiger partial charge in [0.15, 0.2) is 0 Å². The zero-order valence-corrected chi connectivity index (χ0v) is 12.2. The summed E-state index contributed by atoms with van der Waals surface area (Å²) < 4.78 is 0. The van der Waals surface area contributed by atoms with Gasteiger partial charge in [0.05, 0.1) is 10.7 Å². The number of halogens is 1. The monoisotopic (exact) mass is 282 g/mol. The van der Waals surface area contributed by atoms with Gasteiger partial charge in [-0.15, -0.1) is 0 Å². The Hall–Kier alpha value is -0.770. The maximum absolute atomic E-state index is 9.04. The zero-order valence-electron chi connectivity index (χ0n) is 11.5. The lowest BCUT2D eigenvalue weighted by molar-refractivity contribution is 0.283. The van der Waals surface area contributed by atoms with E-state index in [2.05, 4.69) is 17.0 Å². The van der Waals surface area contributed by atoms with Crippen LogP contribution in [0.25, 0.3) is 0 Å². The zero-order chi connectivity index (χ0) is 13.8. The highest BCUT2D eigenvalue weighted by atomic mass is 35.5. The Kier molecular flexibility index (Phi) is 5.08. The van der Waals surface area contributed by atoms with E-state index in [9.17, 15) is 0 Å². The molecule has 1 aromatic carbocycles. The number of rotatable bonds is 6. The van der Waals surface area contributed by atoms with Crippen molar-refractivity contribution in [2.75, 3.05) is 18.1 Å². The molecule has 0 bridgehead atoms. The average Bonchev–Trinajstić information content (AvgIpc) is 2.32. The van der Waals surface area contributed by atoms with E-state index >= 15 is 0 Å². The molecule has 0 heterocycles. The van der Waals surface area contributed by atoms with Gasteiger partial charge in [-0.05, 0) is 50.3 Å². The second kappa shape index (κ2) is 6.60. The average molecular weight is 283 g/mol. The predicted molar refractivity (Wildman–Crippen MR) is 80.7 cm³/mol. The van der Waals surface area contributed by atoms with Gasteiger partial charge in [0, 0.05) is 25.2 Å². The lowest BCUT2D eigenvalue weighted by Crippen LogP contribution is -2.41. The van der Waals surface area contributed by atoms with E-state index < -0.39 is 0 Å². The molecule has 1 atom stereocenters. The molecule has 3 nitrogen and oxygen atoms in total. The third-order valence-corrected chi connectivity index (χ3v) is 4.18. The van der Waals surface area contributed by atoms with Crippen LogP contribution < -0.4 is 10.6 Å². The summed E-state index contributed by atoms with van der Waals surface area (Å²) in [5.74, 6) is 0. The van der Waals surface area contributed by atoms with Crippen LogP contribution in [0.5, 0.6) is 0 Å². The van der Waals surface area contributed by atoms with E-state index in [1.54, 1.807) is 0 Å². The number of nitrogens with two attached hydrogens (primary N) is 1. The molecule has 2 rings (SSSR count). The summed E-state index contributed by atoms with van der Waals surface area (Å²) in [4.78, 5) is 2.34. The van der Waals surface area contributed by atoms with Crippen LogP contribution in [0.1, 0.15) is 44.2 Å². The molecule has 3 N–H and O–H groups in total. The van der Waals surface area contributed by atoms with Crippen LogP contribution in [-0.2, 0) is 0 Å². The molecule has 0 unspecified atom stereocenters. The maximum atomic E-state index is 9.04. The van der Waals surface area contributed by atoms with Crippen molar-refractivity contribution in [1.29, 1.82) is 0 Å². The van der Waals surface area contributed by atoms with E-state index in [1.165, 1.54) is 19.3 Å². The SMILES string of the molecule is C[C@H](N)c1ccc(N(CCCO)C2CCC2)c(Cl)c1. The summed E-state index contributed by atoms with van der Waals surface area (Å²) >= 11 is 6.41. The number of hydrogen-bond donors (Lipinski definition) is 2.